The minimum Gasteiger partial charge on any atom is -0.496 e. The summed E-state index contributed by atoms with van der Waals surface area (Å²) in [7, 11) is 1.45. The number of hydrogen-bond donors (Lipinski definition) is 0. The molecule has 6 heteroatoms. The van der Waals surface area contributed by atoms with Crippen molar-refractivity contribution in [3.05, 3.63) is 27.3 Å². The molecule has 0 aliphatic carbocycles. The van der Waals surface area contributed by atoms with Gasteiger partial charge in [-0.25, -0.2) is 8.78 Å². The fourth-order valence-corrected chi connectivity index (χ4v) is 2.13. The Morgan fingerprint density at radius 2 is 2.12 bits per heavy atom. The summed E-state index contributed by atoms with van der Waals surface area (Å²) in [6.07, 6.45) is 0. The van der Waals surface area contributed by atoms with Crippen LogP contribution in [-0.2, 0) is 0 Å². The lowest BCUT2D eigenvalue weighted by Crippen LogP contribution is -2.58. The third kappa shape index (κ3) is 2.51. The topological polar surface area (TPSA) is 29.5 Å². The van der Waals surface area contributed by atoms with Crippen LogP contribution in [-0.4, -0.2) is 36.9 Å². The van der Waals surface area contributed by atoms with Crippen molar-refractivity contribution in [3.8, 4) is 5.75 Å². The third-order valence-corrected chi connectivity index (χ3v) is 3.20. The molecule has 3 nitrogen and oxygen atoms in total. The van der Waals surface area contributed by atoms with Gasteiger partial charge in [-0.3, -0.25) is 4.79 Å². The van der Waals surface area contributed by atoms with E-state index in [9.17, 15) is 13.6 Å². The molecule has 0 unspecified atom stereocenters. The minimum absolute atomic E-state index is 0.323. The molecule has 2 rings (SSSR count). The Labute approximate surface area is 111 Å². The zero-order valence-electron chi connectivity index (χ0n) is 9.04. The average Bonchev–Trinajstić information content (AvgIpc) is 2.24. The number of hydrogen-bond acceptors (Lipinski definition) is 2. The molecule has 92 valence electrons. The number of rotatable bonds is 2. The summed E-state index contributed by atoms with van der Waals surface area (Å²) in [5.41, 5.74) is 0.323. The number of carbonyl (C=O) groups is 1. The molecule has 0 N–H and O–H groups in total. The average molecular weight is 353 g/mol. The smallest absolute Gasteiger partial charge is 0.282 e. The van der Waals surface area contributed by atoms with E-state index in [4.69, 9.17) is 4.74 Å². The van der Waals surface area contributed by atoms with Crippen LogP contribution in [0.25, 0.3) is 0 Å². The molecule has 1 fully saturated rings. The van der Waals surface area contributed by atoms with Crippen LogP contribution >= 0.6 is 22.6 Å². The molecular formula is C11H10F2INO2. The van der Waals surface area contributed by atoms with Gasteiger partial charge < -0.3 is 9.64 Å². The second-order valence-corrected chi connectivity index (χ2v) is 5.11. The highest BCUT2D eigenvalue weighted by atomic mass is 127. The van der Waals surface area contributed by atoms with Gasteiger partial charge in [0, 0.05) is 3.57 Å². The molecule has 0 radical (unpaired) electrons. The lowest BCUT2D eigenvalue weighted by atomic mass is 10.1. The molecule has 0 aromatic heterocycles. The Hall–Kier alpha value is -0.920. The van der Waals surface area contributed by atoms with Crippen molar-refractivity contribution < 1.29 is 18.3 Å². The first-order chi connectivity index (χ1) is 7.93. The summed E-state index contributed by atoms with van der Waals surface area (Å²) in [6, 6.07) is 5.04. The van der Waals surface area contributed by atoms with Gasteiger partial charge in [-0.15, -0.1) is 0 Å². The molecule has 1 aliphatic heterocycles. The number of amides is 1. The number of likely N-dealkylation sites (tertiary alicyclic amines) is 1. The highest BCUT2D eigenvalue weighted by Crippen LogP contribution is 2.30. The standard InChI is InChI=1S/C11H10F2INO2/c1-17-9-4-7(14)2-3-8(9)10(16)15-5-11(12,13)6-15/h2-4H,5-6H2,1H3. The first kappa shape index (κ1) is 12.5. The molecular weight excluding hydrogens is 343 g/mol. The molecule has 1 aromatic carbocycles. The number of nitrogens with zero attached hydrogens (tertiary/aromatic N) is 1. The van der Waals surface area contributed by atoms with Gasteiger partial charge in [0.15, 0.2) is 0 Å². The van der Waals surface area contributed by atoms with E-state index in [1.54, 1.807) is 18.2 Å². The maximum absolute atomic E-state index is 12.7. The van der Waals surface area contributed by atoms with Gasteiger partial charge in [0.2, 0.25) is 0 Å². The van der Waals surface area contributed by atoms with Crippen molar-refractivity contribution in [1.82, 2.24) is 4.90 Å². The van der Waals surface area contributed by atoms with Crippen LogP contribution in [0, 0.1) is 3.57 Å². The summed E-state index contributed by atoms with van der Waals surface area (Å²) in [6.45, 7) is -1.03. The first-order valence-corrected chi connectivity index (χ1v) is 6.01. The van der Waals surface area contributed by atoms with E-state index >= 15 is 0 Å². The molecule has 1 heterocycles. The fraction of sp³-hybridized carbons (Fsp3) is 0.364. The Bertz CT molecular complexity index is 457. The van der Waals surface area contributed by atoms with Gasteiger partial charge in [0.1, 0.15) is 5.75 Å². The lowest BCUT2D eigenvalue weighted by Gasteiger charge is -2.38. The van der Waals surface area contributed by atoms with E-state index in [0.717, 1.165) is 8.47 Å². The van der Waals surface area contributed by atoms with E-state index in [1.807, 2.05) is 0 Å². The summed E-state index contributed by atoms with van der Waals surface area (Å²) in [5.74, 6) is -2.74. The van der Waals surface area contributed by atoms with Gasteiger partial charge in [0.25, 0.3) is 11.8 Å². The van der Waals surface area contributed by atoms with E-state index in [-0.39, 0.29) is 0 Å². The van der Waals surface area contributed by atoms with Crippen LogP contribution in [0.2, 0.25) is 0 Å². The number of ether oxygens (including phenoxy) is 1. The Morgan fingerprint density at radius 3 is 2.65 bits per heavy atom. The van der Waals surface area contributed by atoms with E-state index in [2.05, 4.69) is 22.6 Å². The van der Waals surface area contributed by atoms with Crippen LogP contribution in [0.5, 0.6) is 5.75 Å². The Morgan fingerprint density at radius 1 is 1.47 bits per heavy atom. The van der Waals surface area contributed by atoms with Crippen molar-refractivity contribution in [2.45, 2.75) is 5.92 Å². The molecule has 0 bridgehead atoms. The number of benzene rings is 1. The predicted octanol–water partition coefficient (Wildman–Crippen LogP) is 2.39. The second kappa shape index (κ2) is 4.40. The molecule has 1 amide bonds. The minimum atomic E-state index is -2.74. The summed E-state index contributed by atoms with van der Waals surface area (Å²) in [4.78, 5) is 13.0. The third-order valence-electron chi connectivity index (χ3n) is 2.53. The number of methoxy groups -OCH3 is 1. The van der Waals surface area contributed by atoms with Crippen LogP contribution in [0.3, 0.4) is 0 Å². The number of carbonyl (C=O) groups excluding carboxylic acids is 1. The maximum atomic E-state index is 12.7. The number of halogens is 3. The highest BCUT2D eigenvalue weighted by Gasteiger charge is 2.46. The fourth-order valence-electron chi connectivity index (χ4n) is 1.67. The van der Waals surface area contributed by atoms with Crippen molar-refractivity contribution in [2.75, 3.05) is 20.2 Å². The van der Waals surface area contributed by atoms with E-state index in [0.29, 0.717) is 11.3 Å². The van der Waals surface area contributed by atoms with E-state index < -0.39 is 24.9 Å². The van der Waals surface area contributed by atoms with Crippen LogP contribution in [0.15, 0.2) is 18.2 Å². The highest BCUT2D eigenvalue weighted by molar-refractivity contribution is 14.1. The second-order valence-electron chi connectivity index (χ2n) is 3.86. The van der Waals surface area contributed by atoms with Crippen molar-refractivity contribution in [3.63, 3.8) is 0 Å². The number of alkyl halides is 2. The zero-order chi connectivity index (χ0) is 12.6. The van der Waals surface area contributed by atoms with Crippen molar-refractivity contribution in [1.29, 1.82) is 0 Å². The van der Waals surface area contributed by atoms with Crippen molar-refractivity contribution >= 4 is 28.5 Å². The van der Waals surface area contributed by atoms with Crippen molar-refractivity contribution in [2.24, 2.45) is 0 Å². The van der Waals surface area contributed by atoms with Gasteiger partial charge in [0.05, 0.1) is 25.8 Å². The first-order valence-electron chi connectivity index (χ1n) is 4.93. The molecule has 0 saturated carbocycles. The molecule has 1 saturated heterocycles. The lowest BCUT2D eigenvalue weighted by molar-refractivity contribution is -0.113. The summed E-state index contributed by atoms with van der Waals surface area (Å²) < 4.78 is 31.4. The van der Waals surface area contributed by atoms with Crippen LogP contribution in [0.4, 0.5) is 8.78 Å². The van der Waals surface area contributed by atoms with Gasteiger partial charge in [-0.2, -0.15) is 0 Å². The largest absolute Gasteiger partial charge is 0.496 e. The maximum Gasteiger partial charge on any atom is 0.282 e. The molecule has 0 atom stereocenters. The van der Waals surface area contributed by atoms with E-state index in [1.165, 1.54) is 7.11 Å². The van der Waals surface area contributed by atoms with Gasteiger partial charge in [-0.05, 0) is 40.8 Å². The SMILES string of the molecule is COc1cc(I)ccc1C(=O)N1CC(F)(F)C1. The normalized spacial score (nSPS) is 17.5. The Balaban J connectivity index is 2.20. The van der Waals surface area contributed by atoms with Crippen LogP contribution in [0.1, 0.15) is 10.4 Å². The molecule has 17 heavy (non-hydrogen) atoms. The van der Waals surface area contributed by atoms with Gasteiger partial charge >= 0.3 is 0 Å². The summed E-state index contributed by atoms with van der Waals surface area (Å²) >= 11 is 2.09. The quantitative estimate of drug-likeness (QED) is 0.765. The Kier molecular flexibility index (Phi) is 3.24. The molecule has 0 spiro atoms. The molecule has 1 aromatic rings. The summed E-state index contributed by atoms with van der Waals surface area (Å²) in [5, 5.41) is 0. The van der Waals surface area contributed by atoms with Crippen LogP contribution < -0.4 is 4.74 Å². The van der Waals surface area contributed by atoms with Gasteiger partial charge in [-0.1, -0.05) is 0 Å². The predicted molar refractivity (Wildman–Crippen MR) is 66.6 cm³/mol. The zero-order valence-corrected chi connectivity index (χ0v) is 11.2. The monoisotopic (exact) mass is 353 g/mol. The molecule has 1 aliphatic rings.